The monoisotopic (exact) mass is 383 g/mol. The molecule has 0 spiro atoms. The molecule has 1 N–H and O–H groups in total. The van der Waals surface area contributed by atoms with Crippen LogP contribution in [-0.2, 0) is 4.79 Å². The van der Waals surface area contributed by atoms with Crippen LogP contribution in [0.4, 0.5) is 5.69 Å². The zero-order chi connectivity index (χ0) is 19.2. The second-order valence-electron chi connectivity index (χ2n) is 5.89. The van der Waals surface area contributed by atoms with E-state index < -0.39 is 5.25 Å². The second-order valence-corrected chi connectivity index (χ2v) is 7.20. The maximum absolute atomic E-state index is 12.6. The van der Waals surface area contributed by atoms with Gasteiger partial charge in [-0.05, 0) is 61.0 Å². The predicted molar refractivity (Wildman–Crippen MR) is 105 cm³/mol. The summed E-state index contributed by atoms with van der Waals surface area (Å²) in [6.45, 7) is 6.26. The van der Waals surface area contributed by atoms with E-state index >= 15 is 0 Å². The van der Waals surface area contributed by atoms with Crippen molar-refractivity contribution in [3.8, 4) is 11.4 Å². The Morgan fingerprint density at radius 2 is 2.07 bits per heavy atom. The van der Waals surface area contributed by atoms with E-state index in [-0.39, 0.29) is 5.91 Å². The number of aromatic nitrogens is 4. The largest absolute Gasteiger partial charge is 0.492 e. The number of benzene rings is 2. The van der Waals surface area contributed by atoms with E-state index in [0.29, 0.717) is 23.2 Å². The van der Waals surface area contributed by atoms with Gasteiger partial charge in [-0.25, -0.2) is 0 Å². The highest BCUT2D eigenvalue weighted by Gasteiger charge is 2.20. The fourth-order valence-electron chi connectivity index (χ4n) is 2.47. The number of hydrogen-bond acceptors (Lipinski definition) is 6. The molecule has 3 aromatic rings. The van der Waals surface area contributed by atoms with Crippen molar-refractivity contribution in [2.24, 2.45) is 0 Å². The summed E-state index contributed by atoms with van der Waals surface area (Å²) >= 11 is 1.30. The molecule has 1 heterocycles. The molecular formula is C19H21N5O2S. The average molecular weight is 383 g/mol. The van der Waals surface area contributed by atoms with Crippen molar-refractivity contribution in [3.63, 3.8) is 0 Å². The Morgan fingerprint density at radius 3 is 2.85 bits per heavy atom. The Balaban J connectivity index is 1.72. The van der Waals surface area contributed by atoms with Gasteiger partial charge in [-0.3, -0.25) is 4.79 Å². The summed E-state index contributed by atoms with van der Waals surface area (Å²) in [4.78, 5) is 12.6. The lowest BCUT2D eigenvalue weighted by Crippen LogP contribution is -2.23. The van der Waals surface area contributed by atoms with Crippen LogP contribution in [0, 0.1) is 6.92 Å². The quantitative estimate of drug-likeness (QED) is 0.629. The van der Waals surface area contributed by atoms with Crippen molar-refractivity contribution >= 4 is 23.4 Å². The highest BCUT2D eigenvalue weighted by atomic mass is 32.2. The fraction of sp³-hybridized carbons (Fsp3) is 0.263. The van der Waals surface area contributed by atoms with Gasteiger partial charge in [-0.2, -0.15) is 4.68 Å². The molecule has 7 nitrogen and oxygen atoms in total. The summed E-state index contributed by atoms with van der Waals surface area (Å²) in [6, 6.07) is 15.2. The van der Waals surface area contributed by atoms with Crippen molar-refractivity contribution in [1.82, 2.24) is 20.2 Å². The van der Waals surface area contributed by atoms with Gasteiger partial charge in [0, 0.05) is 0 Å². The van der Waals surface area contributed by atoms with Gasteiger partial charge >= 0.3 is 0 Å². The SMILES string of the molecule is CCOc1ccccc1NC(=O)[C@@H](C)Sc1nnnn1-c1cccc(C)c1. The van der Waals surface area contributed by atoms with E-state index in [2.05, 4.69) is 20.8 Å². The van der Waals surface area contributed by atoms with E-state index in [0.717, 1.165) is 11.3 Å². The van der Waals surface area contributed by atoms with Gasteiger partial charge in [-0.1, -0.05) is 36.0 Å². The molecule has 0 saturated carbocycles. The highest BCUT2D eigenvalue weighted by molar-refractivity contribution is 8.00. The summed E-state index contributed by atoms with van der Waals surface area (Å²) in [5.74, 6) is 0.501. The Kier molecular flexibility index (Phi) is 6.08. The predicted octanol–water partition coefficient (Wildman–Crippen LogP) is 3.49. The van der Waals surface area contributed by atoms with Crippen LogP contribution in [0.1, 0.15) is 19.4 Å². The van der Waals surface area contributed by atoms with E-state index in [1.807, 2.05) is 69.3 Å². The molecule has 0 bridgehead atoms. The molecule has 0 aliphatic rings. The highest BCUT2D eigenvalue weighted by Crippen LogP contribution is 2.27. The van der Waals surface area contributed by atoms with Crippen molar-refractivity contribution in [3.05, 3.63) is 54.1 Å². The van der Waals surface area contributed by atoms with Crippen molar-refractivity contribution in [1.29, 1.82) is 0 Å². The lowest BCUT2D eigenvalue weighted by Gasteiger charge is -2.14. The Hall–Kier alpha value is -2.87. The summed E-state index contributed by atoms with van der Waals surface area (Å²) < 4.78 is 7.19. The first-order valence-electron chi connectivity index (χ1n) is 8.63. The van der Waals surface area contributed by atoms with Crippen LogP contribution in [0.2, 0.25) is 0 Å². The Bertz CT molecular complexity index is 928. The number of para-hydroxylation sites is 2. The number of anilines is 1. The molecule has 0 radical (unpaired) electrons. The normalized spacial score (nSPS) is 11.8. The average Bonchev–Trinajstić information content (AvgIpc) is 3.11. The summed E-state index contributed by atoms with van der Waals surface area (Å²) in [6.07, 6.45) is 0. The molecule has 0 unspecified atom stereocenters. The van der Waals surface area contributed by atoms with Gasteiger partial charge in [-0.15, -0.1) is 5.10 Å². The lowest BCUT2D eigenvalue weighted by molar-refractivity contribution is -0.115. The number of aryl methyl sites for hydroxylation is 1. The van der Waals surface area contributed by atoms with Crippen molar-refractivity contribution in [2.75, 3.05) is 11.9 Å². The molecule has 1 aromatic heterocycles. The van der Waals surface area contributed by atoms with Gasteiger partial charge in [0.05, 0.1) is 23.2 Å². The molecule has 0 saturated heterocycles. The molecule has 2 aromatic carbocycles. The minimum absolute atomic E-state index is 0.147. The molecule has 1 atom stereocenters. The summed E-state index contributed by atoms with van der Waals surface area (Å²) in [5, 5.41) is 14.9. The lowest BCUT2D eigenvalue weighted by atomic mass is 10.2. The zero-order valence-corrected chi connectivity index (χ0v) is 16.2. The van der Waals surface area contributed by atoms with Crippen LogP contribution < -0.4 is 10.1 Å². The standard InChI is InChI=1S/C19H21N5O2S/c1-4-26-17-11-6-5-10-16(17)20-18(25)14(3)27-19-21-22-23-24(19)15-9-7-8-13(2)12-15/h5-12,14H,4H2,1-3H3,(H,20,25)/t14-/m1/s1. The summed E-state index contributed by atoms with van der Waals surface area (Å²) in [7, 11) is 0. The molecule has 1 amide bonds. The van der Waals surface area contributed by atoms with E-state index in [9.17, 15) is 4.79 Å². The maximum Gasteiger partial charge on any atom is 0.237 e. The van der Waals surface area contributed by atoms with E-state index in [4.69, 9.17) is 4.74 Å². The van der Waals surface area contributed by atoms with Gasteiger partial charge in [0.15, 0.2) is 0 Å². The van der Waals surface area contributed by atoms with E-state index in [1.54, 1.807) is 4.68 Å². The van der Waals surface area contributed by atoms with Crippen LogP contribution >= 0.6 is 11.8 Å². The molecule has 0 aliphatic heterocycles. The first-order chi connectivity index (χ1) is 13.1. The van der Waals surface area contributed by atoms with Crippen molar-refractivity contribution in [2.45, 2.75) is 31.2 Å². The molecule has 27 heavy (non-hydrogen) atoms. The third-order valence-electron chi connectivity index (χ3n) is 3.78. The first-order valence-corrected chi connectivity index (χ1v) is 9.51. The van der Waals surface area contributed by atoms with Crippen LogP contribution in [0.5, 0.6) is 5.75 Å². The Labute approximate surface area is 162 Å². The molecule has 140 valence electrons. The number of thioether (sulfide) groups is 1. The Morgan fingerprint density at radius 1 is 1.26 bits per heavy atom. The van der Waals surface area contributed by atoms with Crippen LogP contribution in [0.25, 0.3) is 5.69 Å². The maximum atomic E-state index is 12.6. The number of tetrazole rings is 1. The number of amides is 1. The minimum atomic E-state index is -0.394. The molecule has 8 heteroatoms. The number of hydrogen-bond donors (Lipinski definition) is 1. The smallest absolute Gasteiger partial charge is 0.237 e. The van der Waals surface area contributed by atoms with Crippen LogP contribution in [0.3, 0.4) is 0 Å². The van der Waals surface area contributed by atoms with Crippen LogP contribution in [-0.4, -0.2) is 38.0 Å². The molecule has 0 aliphatic carbocycles. The van der Waals surface area contributed by atoms with Crippen molar-refractivity contribution < 1.29 is 9.53 Å². The fourth-order valence-corrected chi connectivity index (χ4v) is 3.28. The van der Waals surface area contributed by atoms with Gasteiger partial charge in [0.25, 0.3) is 0 Å². The number of nitrogens with zero attached hydrogens (tertiary/aromatic N) is 4. The topological polar surface area (TPSA) is 81.9 Å². The number of rotatable bonds is 7. The van der Waals surface area contributed by atoms with Crippen LogP contribution in [0.15, 0.2) is 53.7 Å². The van der Waals surface area contributed by atoms with Gasteiger partial charge in [0.1, 0.15) is 5.75 Å². The minimum Gasteiger partial charge on any atom is -0.492 e. The number of ether oxygens (including phenoxy) is 1. The number of carbonyl (C=O) groups is 1. The third kappa shape index (κ3) is 4.65. The number of carbonyl (C=O) groups excluding carboxylic acids is 1. The van der Waals surface area contributed by atoms with E-state index in [1.165, 1.54) is 11.8 Å². The number of nitrogens with one attached hydrogen (secondary N) is 1. The zero-order valence-electron chi connectivity index (χ0n) is 15.4. The van der Waals surface area contributed by atoms with Gasteiger partial charge < -0.3 is 10.1 Å². The van der Waals surface area contributed by atoms with Gasteiger partial charge in [0.2, 0.25) is 11.1 Å². The third-order valence-corrected chi connectivity index (χ3v) is 4.82. The second kappa shape index (κ2) is 8.68. The summed E-state index contributed by atoms with van der Waals surface area (Å²) in [5.41, 5.74) is 2.61. The first kappa shape index (κ1) is 18.9. The molecule has 3 rings (SSSR count). The molecule has 0 fully saturated rings. The molecular weight excluding hydrogens is 362 g/mol.